The summed E-state index contributed by atoms with van der Waals surface area (Å²) in [6.07, 6.45) is -0.0642. The Morgan fingerprint density at radius 3 is 2.44 bits per heavy atom. The van der Waals surface area contributed by atoms with E-state index < -0.39 is 18.1 Å². The van der Waals surface area contributed by atoms with Gasteiger partial charge in [0.05, 0.1) is 6.10 Å². The van der Waals surface area contributed by atoms with E-state index in [0.29, 0.717) is 5.56 Å². The Morgan fingerprint density at radius 2 is 1.88 bits per heavy atom. The molecule has 4 nitrogen and oxygen atoms in total. The number of nitrogens with zero attached hydrogens (tertiary/aromatic N) is 2. The Kier molecular flexibility index (Phi) is 6.64. The van der Waals surface area contributed by atoms with Gasteiger partial charge in [-0.25, -0.2) is 4.99 Å². The molecule has 3 aliphatic rings. The van der Waals surface area contributed by atoms with E-state index in [9.17, 15) is 18.0 Å². The number of carbonyl (C=O) groups is 1. The van der Waals surface area contributed by atoms with Crippen LogP contribution in [0.5, 0.6) is 0 Å². The number of carbonyl (C=O) groups excluding carboxylic acids is 1. The SMILES string of the molecule is CCC(C)C1=NC2(C(=O)N1C(C)C)c1cc(CCC(F)(F)F)ccc1CC21CCC(OC)CC1. The van der Waals surface area contributed by atoms with Crippen molar-refractivity contribution >= 4 is 11.7 Å². The molecule has 7 heteroatoms. The Labute approximate surface area is 201 Å². The Bertz CT molecular complexity index is 963. The van der Waals surface area contributed by atoms with E-state index in [4.69, 9.17) is 9.73 Å². The zero-order chi connectivity index (χ0) is 24.9. The van der Waals surface area contributed by atoms with E-state index in [0.717, 1.165) is 55.5 Å². The van der Waals surface area contributed by atoms with Crippen molar-refractivity contribution in [1.82, 2.24) is 4.90 Å². The van der Waals surface area contributed by atoms with Gasteiger partial charge in [-0.3, -0.25) is 9.69 Å². The van der Waals surface area contributed by atoms with Crippen molar-refractivity contribution in [1.29, 1.82) is 0 Å². The third-order valence-corrected chi connectivity index (χ3v) is 8.41. The largest absolute Gasteiger partial charge is 0.389 e. The van der Waals surface area contributed by atoms with Crippen LogP contribution in [-0.2, 0) is 27.9 Å². The summed E-state index contributed by atoms with van der Waals surface area (Å²) in [5, 5.41) is 0. The van der Waals surface area contributed by atoms with E-state index >= 15 is 0 Å². The molecule has 34 heavy (non-hydrogen) atoms. The molecule has 2 atom stereocenters. The van der Waals surface area contributed by atoms with Gasteiger partial charge in [-0.2, -0.15) is 13.2 Å². The van der Waals surface area contributed by atoms with E-state index in [1.54, 1.807) is 13.2 Å². The molecule has 0 radical (unpaired) electrons. The number of amides is 1. The molecule has 0 saturated heterocycles. The van der Waals surface area contributed by atoms with Crippen LogP contribution < -0.4 is 0 Å². The molecule has 1 aliphatic heterocycles. The molecule has 4 rings (SSSR count). The standard InChI is InChI=1S/C27H37F3N2O2/c1-6-18(4)23-31-27(24(33)32(23)17(2)3)22-15-19(9-14-26(28,29)30)7-8-20(22)16-25(27)12-10-21(34-5)11-13-25/h7-8,15,17-18,21H,6,9-14,16H2,1-5H3. The molecule has 1 aromatic carbocycles. The lowest BCUT2D eigenvalue weighted by Gasteiger charge is -2.45. The van der Waals surface area contributed by atoms with Crippen molar-refractivity contribution in [2.24, 2.45) is 16.3 Å². The van der Waals surface area contributed by atoms with Gasteiger partial charge in [-0.1, -0.05) is 32.0 Å². The second-order valence-electron chi connectivity index (χ2n) is 10.8. The Balaban J connectivity index is 1.86. The number of alkyl halides is 3. The smallest absolute Gasteiger partial charge is 0.381 e. The summed E-state index contributed by atoms with van der Waals surface area (Å²) in [7, 11) is 1.73. The zero-order valence-corrected chi connectivity index (χ0v) is 21.0. The fourth-order valence-electron chi connectivity index (χ4n) is 6.35. The van der Waals surface area contributed by atoms with E-state index in [1.165, 1.54) is 0 Å². The number of benzene rings is 1. The van der Waals surface area contributed by atoms with Crippen molar-refractivity contribution in [2.75, 3.05) is 7.11 Å². The minimum atomic E-state index is -4.21. The van der Waals surface area contributed by atoms with Gasteiger partial charge < -0.3 is 4.74 Å². The number of rotatable bonds is 6. The number of hydrogen-bond donors (Lipinski definition) is 0. The summed E-state index contributed by atoms with van der Waals surface area (Å²) < 4.78 is 44.5. The highest BCUT2D eigenvalue weighted by Crippen LogP contribution is 2.62. The molecule has 0 N–H and O–H groups in total. The van der Waals surface area contributed by atoms with Crippen LogP contribution in [-0.4, -0.2) is 42.1 Å². The number of aryl methyl sites for hydroxylation is 1. The van der Waals surface area contributed by atoms with Crippen LogP contribution >= 0.6 is 0 Å². The molecule has 1 aromatic rings. The summed E-state index contributed by atoms with van der Waals surface area (Å²) in [4.78, 5) is 21.6. The lowest BCUT2D eigenvalue weighted by atomic mass is 9.61. The molecule has 2 spiro atoms. The maximum Gasteiger partial charge on any atom is 0.389 e. The van der Waals surface area contributed by atoms with Gasteiger partial charge in [-0.15, -0.1) is 0 Å². The summed E-state index contributed by atoms with van der Waals surface area (Å²) in [5.41, 5.74) is 1.08. The molecular weight excluding hydrogens is 441 g/mol. The van der Waals surface area contributed by atoms with E-state index in [1.807, 2.05) is 30.9 Å². The van der Waals surface area contributed by atoms with Gasteiger partial charge in [-0.05, 0) is 75.5 Å². The number of hydrogen-bond acceptors (Lipinski definition) is 3. The zero-order valence-electron chi connectivity index (χ0n) is 21.0. The second kappa shape index (κ2) is 8.96. The normalized spacial score (nSPS) is 29.9. The molecule has 2 unspecified atom stereocenters. The number of fused-ring (bicyclic) bond motifs is 3. The number of halogens is 3. The van der Waals surface area contributed by atoms with Gasteiger partial charge in [0.1, 0.15) is 5.84 Å². The first-order chi connectivity index (χ1) is 16.0. The van der Waals surface area contributed by atoms with Crippen LogP contribution in [0.25, 0.3) is 0 Å². The summed E-state index contributed by atoms with van der Waals surface area (Å²) in [6.45, 7) is 8.22. The lowest BCUT2D eigenvalue weighted by Crippen LogP contribution is -2.53. The highest BCUT2D eigenvalue weighted by Gasteiger charge is 2.67. The molecule has 0 aromatic heterocycles. The summed E-state index contributed by atoms with van der Waals surface area (Å²) >= 11 is 0. The van der Waals surface area contributed by atoms with Crippen LogP contribution in [0.2, 0.25) is 0 Å². The fraction of sp³-hybridized carbons (Fsp3) is 0.704. The highest BCUT2D eigenvalue weighted by molar-refractivity contribution is 6.10. The molecule has 1 saturated carbocycles. The summed E-state index contributed by atoms with van der Waals surface area (Å²) in [6, 6.07) is 5.57. The second-order valence-corrected chi connectivity index (χ2v) is 10.8. The van der Waals surface area contributed by atoms with Gasteiger partial charge in [0.15, 0.2) is 5.54 Å². The Hall–Kier alpha value is -1.89. The van der Waals surface area contributed by atoms with Crippen molar-refractivity contribution < 1.29 is 22.7 Å². The van der Waals surface area contributed by atoms with Crippen LogP contribution in [0.4, 0.5) is 13.2 Å². The van der Waals surface area contributed by atoms with Crippen molar-refractivity contribution in [3.05, 3.63) is 34.9 Å². The highest BCUT2D eigenvalue weighted by atomic mass is 19.4. The molecule has 0 bridgehead atoms. The van der Waals surface area contributed by atoms with Gasteiger partial charge in [0.25, 0.3) is 5.91 Å². The minimum absolute atomic E-state index is 0.000359. The average molecular weight is 479 g/mol. The molecule has 2 aliphatic carbocycles. The third kappa shape index (κ3) is 3.98. The molecule has 1 fully saturated rings. The number of amidine groups is 1. The van der Waals surface area contributed by atoms with E-state index in [2.05, 4.69) is 13.8 Å². The van der Waals surface area contributed by atoms with Crippen LogP contribution in [0.1, 0.15) is 82.9 Å². The number of ether oxygens (including phenoxy) is 1. The monoisotopic (exact) mass is 478 g/mol. The lowest BCUT2D eigenvalue weighted by molar-refractivity contribution is -0.139. The van der Waals surface area contributed by atoms with Crippen LogP contribution in [0, 0.1) is 11.3 Å². The first-order valence-electron chi connectivity index (χ1n) is 12.6. The van der Waals surface area contributed by atoms with Crippen molar-refractivity contribution in [2.45, 2.75) is 103 Å². The maximum absolute atomic E-state index is 14.4. The Morgan fingerprint density at radius 1 is 1.21 bits per heavy atom. The van der Waals surface area contributed by atoms with Gasteiger partial charge in [0, 0.05) is 30.9 Å². The van der Waals surface area contributed by atoms with Crippen molar-refractivity contribution in [3.8, 4) is 0 Å². The number of aliphatic imine (C=N–C) groups is 1. The molecule has 1 amide bonds. The first kappa shape index (κ1) is 25.2. The molecule has 1 heterocycles. The predicted octanol–water partition coefficient (Wildman–Crippen LogP) is 6.20. The van der Waals surface area contributed by atoms with Crippen molar-refractivity contribution in [3.63, 3.8) is 0 Å². The quantitative estimate of drug-likeness (QED) is 0.488. The van der Waals surface area contributed by atoms with Gasteiger partial charge in [0.2, 0.25) is 0 Å². The third-order valence-electron chi connectivity index (χ3n) is 8.41. The van der Waals surface area contributed by atoms with Gasteiger partial charge >= 0.3 is 6.18 Å². The summed E-state index contributed by atoms with van der Waals surface area (Å²) in [5.74, 6) is 0.945. The van der Waals surface area contributed by atoms with E-state index in [-0.39, 0.29) is 35.8 Å². The predicted molar refractivity (Wildman–Crippen MR) is 127 cm³/mol. The number of methoxy groups -OCH3 is 1. The molecule has 188 valence electrons. The fourth-order valence-corrected chi connectivity index (χ4v) is 6.35. The van der Waals surface area contributed by atoms with Crippen LogP contribution in [0.15, 0.2) is 23.2 Å². The molecular formula is C27H37F3N2O2. The topological polar surface area (TPSA) is 41.9 Å². The maximum atomic E-state index is 14.4. The minimum Gasteiger partial charge on any atom is -0.381 e. The average Bonchev–Trinajstić information content (AvgIpc) is 3.25. The van der Waals surface area contributed by atoms with Crippen LogP contribution in [0.3, 0.4) is 0 Å². The first-order valence-corrected chi connectivity index (χ1v) is 12.6.